The van der Waals surface area contributed by atoms with Gasteiger partial charge in [-0.15, -0.1) is 0 Å². The maximum absolute atomic E-state index is 12.7. The fourth-order valence-electron chi connectivity index (χ4n) is 3.51. The van der Waals surface area contributed by atoms with Gasteiger partial charge in [0, 0.05) is 44.9 Å². The Morgan fingerprint density at radius 3 is 2.38 bits per heavy atom. The molecule has 2 fully saturated rings. The molecular weight excluding hydrogens is 330 g/mol. The van der Waals surface area contributed by atoms with Crippen molar-refractivity contribution in [3.05, 3.63) is 54.2 Å². The molecule has 0 N–H and O–H groups in total. The van der Waals surface area contributed by atoms with E-state index in [1.165, 1.54) is 0 Å². The minimum absolute atomic E-state index is 0.0132. The predicted molar refractivity (Wildman–Crippen MR) is 98.5 cm³/mol. The van der Waals surface area contributed by atoms with Crippen LogP contribution < -0.4 is 4.90 Å². The van der Waals surface area contributed by atoms with Crippen LogP contribution in [0.1, 0.15) is 23.2 Å². The summed E-state index contributed by atoms with van der Waals surface area (Å²) in [5.41, 5.74) is 1.66. The molecule has 1 amide bonds. The molecule has 0 atom stereocenters. The molecule has 4 rings (SSSR count). The van der Waals surface area contributed by atoms with Crippen LogP contribution in [0.3, 0.4) is 0 Å². The lowest BCUT2D eigenvalue weighted by atomic mass is 10.0. The zero-order valence-electron chi connectivity index (χ0n) is 14.9. The number of ether oxygens (including phenoxy) is 2. The molecule has 2 aliphatic rings. The molecule has 3 heterocycles. The van der Waals surface area contributed by atoms with E-state index in [2.05, 4.69) is 4.98 Å². The standard InChI is InChI=1S/C20H23N3O3/c1-22(17-5-3-2-4-6-17)18-8-7-16(15-21-18)19(24)23-11-9-20(10-12-23)25-13-14-26-20/h2-8,15H,9-14H2,1H3. The van der Waals surface area contributed by atoms with Crippen molar-refractivity contribution in [2.75, 3.05) is 38.3 Å². The molecule has 2 aromatic rings. The zero-order valence-corrected chi connectivity index (χ0v) is 14.9. The predicted octanol–water partition coefficient (Wildman–Crippen LogP) is 2.83. The summed E-state index contributed by atoms with van der Waals surface area (Å²) in [7, 11) is 1.96. The van der Waals surface area contributed by atoms with Crippen molar-refractivity contribution in [3.8, 4) is 0 Å². The first-order chi connectivity index (χ1) is 12.7. The van der Waals surface area contributed by atoms with Crippen LogP contribution in [0.4, 0.5) is 11.5 Å². The van der Waals surface area contributed by atoms with Crippen LogP contribution >= 0.6 is 0 Å². The number of amides is 1. The summed E-state index contributed by atoms with van der Waals surface area (Å²) in [6, 6.07) is 13.7. The summed E-state index contributed by atoms with van der Waals surface area (Å²) in [6.07, 6.45) is 3.10. The van der Waals surface area contributed by atoms with E-state index >= 15 is 0 Å². The molecule has 2 aliphatic heterocycles. The molecule has 1 aromatic heterocycles. The summed E-state index contributed by atoms with van der Waals surface area (Å²) in [6.45, 7) is 2.58. The second kappa shape index (κ2) is 7.05. The molecule has 1 aromatic carbocycles. The van der Waals surface area contributed by atoms with Gasteiger partial charge in [-0.25, -0.2) is 4.98 Å². The fourth-order valence-corrected chi connectivity index (χ4v) is 3.51. The third kappa shape index (κ3) is 3.30. The molecule has 6 heteroatoms. The van der Waals surface area contributed by atoms with Crippen LogP contribution in [0.2, 0.25) is 0 Å². The van der Waals surface area contributed by atoms with E-state index in [-0.39, 0.29) is 5.91 Å². The second-order valence-electron chi connectivity index (χ2n) is 6.70. The topological polar surface area (TPSA) is 54.9 Å². The molecule has 0 saturated carbocycles. The number of likely N-dealkylation sites (tertiary alicyclic amines) is 1. The van der Waals surface area contributed by atoms with Crippen molar-refractivity contribution < 1.29 is 14.3 Å². The number of benzene rings is 1. The van der Waals surface area contributed by atoms with Crippen molar-refractivity contribution in [1.82, 2.24) is 9.88 Å². The van der Waals surface area contributed by atoms with Gasteiger partial charge in [0.1, 0.15) is 5.82 Å². The van der Waals surface area contributed by atoms with Gasteiger partial charge in [0.15, 0.2) is 5.79 Å². The molecule has 0 radical (unpaired) electrons. The molecular formula is C20H23N3O3. The summed E-state index contributed by atoms with van der Waals surface area (Å²) < 4.78 is 11.4. The van der Waals surface area contributed by atoms with E-state index in [0.717, 1.165) is 24.3 Å². The van der Waals surface area contributed by atoms with E-state index in [0.29, 0.717) is 31.9 Å². The van der Waals surface area contributed by atoms with Gasteiger partial charge in [0.05, 0.1) is 18.8 Å². The van der Waals surface area contributed by atoms with E-state index in [1.807, 2.05) is 59.3 Å². The Bertz CT molecular complexity index is 748. The normalized spacial score (nSPS) is 18.9. The average molecular weight is 353 g/mol. The monoisotopic (exact) mass is 353 g/mol. The maximum Gasteiger partial charge on any atom is 0.255 e. The smallest absolute Gasteiger partial charge is 0.255 e. The first-order valence-electron chi connectivity index (χ1n) is 8.99. The molecule has 136 valence electrons. The van der Waals surface area contributed by atoms with Crippen molar-refractivity contribution in [2.45, 2.75) is 18.6 Å². The molecule has 0 unspecified atom stereocenters. The minimum atomic E-state index is -0.461. The molecule has 0 bridgehead atoms. The largest absolute Gasteiger partial charge is 0.347 e. The third-order valence-corrected chi connectivity index (χ3v) is 5.11. The number of carbonyl (C=O) groups is 1. The van der Waals surface area contributed by atoms with E-state index in [1.54, 1.807) is 6.20 Å². The molecule has 1 spiro atoms. The van der Waals surface area contributed by atoms with Gasteiger partial charge in [-0.3, -0.25) is 4.79 Å². The van der Waals surface area contributed by atoms with Crippen molar-refractivity contribution >= 4 is 17.4 Å². The highest BCUT2D eigenvalue weighted by Gasteiger charge is 2.40. The quantitative estimate of drug-likeness (QED) is 0.849. The van der Waals surface area contributed by atoms with Crippen molar-refractivity contribution in [1.29, 1.82) is 0 Å². The molecule has 6 nitrogen and oxygen atoms in total. The summed E-state index contributed by atoms with van der Waals surface area (Å²) >= 11 is 0. The zero-order chi connectivity index (χ0) is 18.0. The summed E-state index contributed by atoms with van der Waals surface area (Å²) in [5.74, 6) is 0.356. The number of hydrogen-bond donors (Lipinski definition) is 0. The van der Waals surface area contributed by atoms with Gasteiger partial charge in [-0.05, 0) is 24.3 Å². The van der Waals surface area contributed by atoms with Gasteiger partial charge >= 0.3 is 0 Å². The number of hydrogen-bond acceptors (Lipinski definition) is 5. The summed E-state index contributed by atoms with van der Waals surface area (Å²) in [5, 5.41) is 0. The van der Waals surface area contributed by atoms with Crippen LogP contribution in [-0.2, 0) is 9.47 Å². The van der Waals surface area contributed by atoms with Crippen molar-refractivity contribution in [3.63, 3.8) is 0 Å². The van der Waals surface area contributed by atoms with Gasteiger partial charge < -0.3 is 19.3 Å². The Kier molecular flexibility index (Phi) is 4.61. The van der Waals surface area contributed by atoms with Gasteiger partial charge in [-0.1, -0.05) is 18.2 Å². The van der Waals surface area contributed by atoms with Crippen LogP contribution in [-0.4, -0.2) is 54.9 Å². The third-order valence-electron chi connectivity index (χ3n) is 5.11. The number of pyridine rings is 1. The van der Waals surface area contributed by atoms with Crippen LogP contribution in [0.5, 0.6) is 0 Å². The number of rotatable bonds is 3. The number of carbonyl (C=O) groups excluding carboxylic acids is 1. The van der Waals surface area contributed by atoms with Crippen LogP contribution in [0.25, 0.3) is 0 Å². The Morgan fingerprint density at radius 1 is 1.08 bits per heavy atom. The number of aromatic nitrogens is 1. The lowest BCUT2D eigenvalue weighted by Crippen LogP contribution is -2.47. The van der Waals surface area contributed by atoms with E-state index in [9.17, 15) is 4.79 Å². The molecule has 26 heavy (non-hydrogen) atoms. The lowest BCUT2D eigenvalue weighted by molar-refractivity contribution is -0.181. The number of anilines is 2. The highest BCUT2D eigenvalue weighted by atomic mass is 16.7. The highest BCUT2D eigenvalue weighted by molar-refractivity contribution is 5.94. The van der Waals surface area contributed by atoms with E-state index < -0.39 is 5.79 Å². The average Bonchev–Trinajstić information content (AvgIpc) is 3.16. The molecule has 0 aliphatic carbocycles. The lowest BCUT2D eigenvalue weighted by Gasteiger charge is -2.37. The SMILES string of the molecule is CN(c1ccccc1)c1ccc(C(=O)N2CCC3(CC2)OCCO3)cn1. The molecule has 2 saturated heterocycles. The van der Waals surface area contributed by atoms with Crippen LogP contribution in [0, 0.1) is 0 Å². The number of piperidine rings is 1. The Morgan fingerprint density at radius 2 is 1.77 bits per heavy atom. The summed E-state index contributed by atoms with van der Waals surface area (Å²) in [4.78, 5) is 21.1. The number of nitrogens with zero attached hydrogens (tertiary/aromatic N) is 3. The van der Waals surface area contributed by atoms with E-state index in [4.69, 9.17) is 9.47 Å². The fraction of sp³-hybridized carbons (Fsp3) is 0.400. The maximum atomic E-state index is 12.7. The Hall–Kier alpha value is -2.44. The van der Waals surface area contributed by atoms with Crippen LogP contribution in [0.15, 0.2) is 48.7 Å². The Labute approximate surface area is 153 Å². The number of para-hydroxylation sites is 1. The van der Waals surface area contributed by atoms with Crippen molar-refractivity contribution in [2.24, 2.45) is 0 Å². The highest BCUT2D eigenvalue weighted by Crippen LogP contribution is 2.31. The first kappa shape index (κ1) is 17.0. The van der Waals surface area contributed by atoms with Gasteiger partial charge in [-0.2, -0.15) is 0 Å². The first-order valence-corrected chi connectivity index (χ1v) is 8.99. The minimum Gasteiger partial charge on any atom is -0.347 e. The van der Waals surface area contributed by atoms with Gasteiger partial charge in [0.2, 0.25) is 0 Å². The second-order valence-corrected chi connectivity index (χ2v) is 6.70. The van der Waals surface area contributed by atoms with Gasteiger partial charge in [0.25, 0.3) is 5.91 Å². The Balaban J connectivity index is 1.41.